The van der Waals surface area contributed by atoms with E-state index in [1.165, 1.54) is 9.75 Å². The van der Waals surface area contributed by atoms with Gasteiger partial charge in [-0.05, 0) is 38.3 Å². The van der Waals surface area contributed by atoms with Crippen molar-refractivity contribution in [1.29, 1.82) is 0 Å². The topological polar surface area (TPSA) is 21.3 Å². The summed E-state index contributed by atoms with van der Waals surface area (Å²) in [5.41, 5.74) is 0.444. The zero-order chi connectivity index (χ0) is 14.5. The van der Waals surface area contributed by atoms with Gasteiger partial charge in [0.1, 0.15) is 0 Å². The fraction of sp³-hybridized carbons (Fsp3) is 0.750. The van der Waals surface area contributed by atoms with Crippen molar-refractivity contribution in [2.24, 2.45) is 0 Å². The SMILES string of the molecule is CC(C)(C)NCCOCCc1ccc(C(C)(C)C)s1. The molecule has 0 aliphatic carbocycles. The summed E-state index contributed by atoms with van der Waals surface area (Å²) in [6, 6.07) is 4.49. The van der Waals surface area contributed by atoms with Crippen LogP contribution in [0.2, 0.25) is 0 Å². The van der Waals surface area contributed by atoms with E-state index in [-0.39, 0.29) is 11.0 Å². The van der Waals surface area contributed by atoms with Gasteiger partial charge in [-0.15, -0.1) is 11.3 Å². The van der Waals surface area contributed by atoms with E-state index < -0.39 is 0 Å². The van der Waals surface area contributed by atoms with E-state index in [1.54, 1.807) is 0 Å². The van der Waals surface area contributed by atoms with Crippen LogP contribution in [0.15, 0.2) is 12.1 Å². The molecule has 110 valence electrons. The summed E-state index contributed by atoms with van der Waals surface area (Å²) in [6.07, 6.45) is 1.02. The normalized spacial score (nSPS) is 12.9. The monoisotopic (exact) mass is 283 g/mol. The van der Waals surface area contributed by atoms with Gasteiger partial charge >= 0.3 is 0 Å². The van der Waals surface area contributed by atoms with E-state index in [9.17, 15) is 0 Å². The van der Waals surface area contributed by atoms with Crippen molar-refractivity contribution in [2.75, 3.05) is 19.8 Å². The third-order valence-corrected chi connectivity index (χ3v) is 4.37. The second kappa shape index (κ2) is 6.87. The molecule has 3 heteroatoms. The van der Waals surface area contributed by atoms with Gasteiger partial charge in [0.15, 0.2) is 0 Å². The van der Waals surface area contributed by atoms with Crippen molar-refractivity contribution in [1.82, 2.24) is 5.32 Å². The van der Waals surface area contributed by atoms with Crippen LogP contribution in [0.25, 0.3) is 0 Å². The van der Waals surface area contributed by atoms with Gasteiger partial charge < -0.3 is 10.1 Å². The van der Waals surface area contributed by atoms with Gasteiger partial charge in [0.05, 0.1) is 13.2 Å². The molecule has 19 heavy (non-hydrogen) atoms. The zero-order valence-electron chi connectivity index (χ0n) is 13.3. The molecule has 1 heterocycles. The van der Waals surface area contributed by atoms with Gasteiger partial charge in [-0.2, -0.15) is 0 Å². The van der Waals surface area contributed by atoms with Crippen molar-refractivity contribution in [2.45, 2.75) is 58.9 Å². The number of hydrogen-bond acceptors (Lipinski definition) is 3. The molecule has 0 fully saturated rings. The van der Waals surface area contributed by atoms with E-state index in [2.05, 4.69) is 59.0 Å². The third-order valence-electron chi connectivity index (χ3n) is 2.80. The molecule has 0 aromatic carbocycles. The number of hydrogen-bond donors (Lipinski definition) is 1. The fourth-order valence-electron chi connectivity index (χ4n) is 1.69. The van der Waals surface area contributed by atoms with Crippen molar-refractivity contribution in [3.05, 3.63) is 21.9 Å². The van der Waals surface area contributed by atoms with Crippen LogP contribution in [0, 0.1) is 0 Å². The lowest BCUT2D eigenvalue weighted by Crippen LogP contribution is -2.38. The Kier molecular flexibility index (Phi) is 6.03. The first kappa shape index (κ1) is 16.7. The molecule has 0 saturated heterocycles. The average molecular weight is 283 g/mol. The fourth-order valence-corrected chi connectivity index (χ4v) is 2.73. The van der Waals surface area contributed by atoms with Gasteiger partial charge in [0.25, 0.3) is 0 Å². The van der Waals surface area contributed by atoms with Crippen LogP contribution >= 0.6 is 11.3 Å². The minimum atomic E-state index is 0.179. The third kappa shape index (κ3) is 7.09. The molecule has 1 N–H and O–H groups in total. The summed E-state index contributed by atoms with van der Waals surface area (Å²) in [5, 5.41) is 3.42. The average Bonchev–Trinajstić information content (AvgIpc) is 2.69. The van der Waals surface area contributed by atoms with Gasteiger partial charge in [-0.25, -0.2) is 0 Å². The molecule has 1 aromatic heterocycles. The smallest absolute Gasteiger partial charge is 0.0591 e. The molecule has 0 spiro atoms. The summed E-state index contributed by atoms with van der Waals surface area (Å²) >= 11 is 1.91. The first-order chi connectivity index (χ1) is 8.68. The van der Waals surface area contributed by atoms with Crippen LogP contribution in [-0.4, -0.2) is 25.3 Å². The molecule has 0 unspecified atom stereocenters. The second-order valence-electron chi connectivity index (χ2n) is 7.06. The highest BCUT2D eigenvalue weighted by atomic mass is 32.1. The molecular formula is C16H29NOS. The van der Waals surface area contributed by atoms with Crippen molar-refractivity contribution >= 4 is 11.3 Å². The maximum atomic E-state index is 5.67. The molecule has 0 atom stereocenters. The first-order valence-corrected chi connectivity index (χ1v) is 7.92. The highest BCUT2D eigenvalue weighted by Crippen LogP contribution is 2.29. The minimum Gasteiger partial charge on any atom is -0.380 e. The molecule has 0 amide bonds. The Morgan fingerprint density at radius 3 is 2.26 bits per heavy atom. The van der Waals surface area contributed by atoms with Crippen LogP contribution in [0.3, 0.4) is 0 Å². The quantitative estimate of drug-likeness (QED) is 0.797. The molecule has 1 aromatic rings. The predicted octanol–water partition coefficient (Wildman–Crippen LogP) is 3.99. The van der Waals surface area contributed by atoms with E-state index in [1.807, 2.05) is 11.3 Å². The molecule has 2 nitrogen and oxygen atoms in total. The molecule has 0 radical (unpaired) electrons. The lowest BCUT2D eigenvalue weighted by atomic mass is 9.95. The van der Waals surface area contributed by atoms with Gasteiger partial charge in [0.2, 0.25) is 0 Å². The number of ether oxygens (including phenoxy) is 1. The summed E-state index contributed by atoms with van der Waals surface area (Å²) in [4.78, 5) is 2.88. The Morgan fingerprint density at radius 1 is 1.05 bits per heavy atom. The molecule has 0 aliphatic rings. The number of thiophene rings is 1. The molecule has 0 bridgehead atoms. The maximum Gasteiger partial charge on any atom is 0.0591 e. The first-order valence-electron chi connectivity index (χ1n) is 7.10. The maximum absolute atomic E-state index is 5.67. The molecular weight excluding hydrogens is 254 g/mol. The van der Waals surface area contributed by atoms with E-state index >= 15 is 0 Å². The Bertz CT molecular complexity index is 371. The van der Waals surface area contributed by atoms with Crippen LogP contribution in [-0.2, 0) is 16.6 Å². The van der Waals surface area contributed by atoms with Gasteiger partial charge in [-0.3, -0.25) is 0 Å². The number of rotatable bonds is 6. The largest absolute Gasteiger partial charge is 0.380 e. The van der Waals surface area contributed by atoms with Crippen LogP contribution in [0.5, 0.6) is 0 Å². The lowest BCUT2D eigenvalue weighted by Gasteiger charge is -2.20. The van der Waals surface area contributed by atoms with Crippen LogP contribution in [0.4, 0.5) is 0 Å². The Balaban J connectivity index is 2.18. The molecule has 0 saturated carbocycles. The van der Waals surface area contributed by atoms with Crippen LogP contribution < -0.4 is 5.32 Å². The summed E-state index contributed by atoms with van der Waals surface area (Å²) in [7, 11) is 0. The Labute approximate surface area is 122 Å². The minimum absolute atomic E-state index is 0.179. The zero-order valence-corrected chi connectivity index (χ0v) is 14.1. The molecule has 0 aliphatic heterocycles. The lowest BCUT2D eigenvalue weighted by molar-refractivity contribution is 0.134. The van der Waals surface area contributed by atoms with Crippen LogP contribution in [0.1, 0.15) is 51.3 Å². The summed E-state index contributed by atoms with van der Waals surface area (Å²) in [5.74, 6) is 0. The molecule has 1 rings (SSSR count). The Morgan fingerprint density at radius 2 is 1.74 bits per heavy atom. The van der Waals surface area contributed by atoms with E-state index in [4.69, 9.17) is 4.74 Å². The summed E-state index contributed by atoms with van der Waals surface area (Å²) < 4.78 is 5.67. The van der Waals surface area contributed by atoms with Crippen molar-refractivity contribution < 1.29 is 4.74 Å². The van der Waals surface area contributed by atoms with Gasteiger partial charge in [-0.1, -0.05) is 20.8 Å². The highest BCUT2D eigenvalue weighted by Gasteiger charge is 2.15. The number of nitrogens with one attached hydrogen (secondary N) is 1. The summed E-state index contributed by atoms with van der Waals surface area (Å²) in [6.45, 7) is 15.8. The highest BCUT2D eigenvalue weighted by molar-refractivity contribution is 7.12. The Hall–Kier alpha value is -0.380. The second-order valence-corrected chi connectivity index (χ2v) is 8.22. The van der Waals surface area contributed by atoms with Gasteiger partial charge in [0, 0.05) is 28.3 Å². The van der Waals surface area contributed by atoms with Crippen molar-refractivity contribution in [3.63, 3.8) is 0 Å². The standard InChI is InChI=1S/C16H29NOS/c1-15(2,3)14-8-7-13(19-14)9-11-18-12-10-17-16(4,5)6/h7-8,17H,9-12H2,1-6H3. The van der Waals surface area contributed by atoms with Crippen molar-refractivity contribution in [3.8, 4) is 0 Å². The van der Waals surface area contributed by atoms with E-state index in [0.29, 0.717) is 0 Å². The predicted molar refractivity (Wildman–Crippen MR) is 85.3 cm³/mol. The van der Waals surface area contributed by atoms with E-state index in [0.717, 1.165) is 26.2 Å².